The van der Waals surface area contributed by atoms with Crippen molar-refractivity contribution in [3.8, 4) is 0 Å². The summed E-state index contributed by atoms with van der Waals surface area (Å²) in [6.45, 7) is 9.57. The van der Waals surface area contributed by atoms with Crippen molar-refractivity contribution in [1.82, 2.24) is 10.2 Å². The van der Waals surface area contributed by atoms with Crippen LogP contribution < -0.4 is 5.32 Å². The van der Waals surface area contributed by atoms with Gasteiger partial charge in [-0.05, 0) is 25.2 Å². The van der Waals surface area contributed by atoms with Crippen molar-refractivity contribution in [3.63, 3.8) is 0 Å². The van der Waals surface area contributed by atoms with Gasteiger partial charge >= 0.3 is 5.97 Å². The molecule has 5 nitrogen and oxygen atoms in total. The summed E-state index contributed by atoms with van der Waals surface area (Å²) in [4.78, 5) is 24.9. The van der Waals surface area contributed by atoms with Crippen molar-refractivity contribution < 1.29 is 14.7 Å². The van der Waals surface area contributed by atoms with E-state index in [1.807, 2.05) is 27.7 Å². The number of rotatable bonds is 10. The highest BCUT2D eigenvalue weighted by atomic mass is 16.4. The average molecular weight is 272 g/mol. The van der Waals surface area contributed by atoms with E-state index in [1.165, 1.54) is 0 Å². The Kier molecular flexibility index (Phi) is 9.21. The van der Waals surface area contributed by atoms with E-state index in [1.54, 1.807) is 4.90 Å². The highest BCUT2D eigenvalue weighted by molar-refractivity contribution is 5.80. The Hall–Kier alpha value is -1.10. The van der Waals surface area contributed by atoms with Crippen LogP contribution in [0.1, 0.15) is 47.0 Å². The van der Waals surface area contributed by atoms with E-state index >= 15 is 0 Å². The maximum atomic E-state index is 12.0. The third-order valence-corrected chi connectivity index (χ3v) is 2.84. The van der Waals surface area contributed by atoms with Gasteiger partial charge in [0, 0.05) is 13.1 Å². The minimum Gasteiger partial charge on any atom is -0.480 e. The lowest BCUT2D eigenvalue weighted by atomic mass is 10.0. The Morgan fingerprint density at radius 3 is 2.05 bits per heavy atom. The average Bonchev–Trinajstić information content (AvgIpc) is 2.33. The SMILES string of the molecule is CCCN(CCC)C(=O)CNC(CC(C)C)C(=O)O. The van der Waals surface area contributed by atoms with Crippen LogP contribution >= 0.6 is 0 Å². The first-order valence-corrected chi connectivity index (χ1v) is 7.16. The molecule has 0 radical (unpaired) electrons. The van der Waals surface area contributed by atoms with E-state index < -0.39 is 12.0 Å². The second-order valence-corrected chi connectivity index (χ2v) is 5.28. The number of hydrogen-bond donors (Lipinski definition) is 2. The lowest BCUT2D eigenvalue weighted by Gasteiger charge is -2.23. The highest BCUT2D eigenvalue weighted by Crippen LogP contribution is 2.05. The maximum absolute atomic E-state index is 12.0. The summed E-state index contributed by atoms with van der Waals surface area (Å²) in [5, 5.41) is 11.9. The summed E-state index contributed by atoms with van der Waals surface area (Å²) in [6.07, 6.45) is 2.37. The number of amides is 1. The number of nitrogens with zero attached hydrogens (tertiary/aromatic N) is 1. The first-order valence-electron chi connectivity index (χ1n) is 7.16. The molecule has 1 atom stereocenters. The van der Waals surface area contributed by atoms with E-state index in [0.29, 0.717) is 6.42 Å². The van der Waals surface area contributed by atoms with Crippen LogP contribution in [0.25, 0.3) is 0 Å². The molecule has 5 heteroatoms. The predicted molar refractivity (Wildman–Crippen MR) is 76.0 cm³/mol. The van der Waals surface area contributed by atoms with Crippen LogP contribution in [0.5, 0.6) is 0 Å². The molecule has 2 N–H and O–H groups in total. The van der Waals surface area contributed by atoms with Gasteiger partial charge in [-0.1, -0.05) is 27.7 Å². The fourth-order valence-corrected chi connectivity index (χ4v) is 1.97. The smallest absolute Gasteiger partial charge is 0.320 e. The van der Waals surface area contributed by atoms with Gasteiger partial charge in [-0.3, -0.25) is 14.9 Å². The summed E-state index contributed by atoms with van der Waals surface area (Å²) in [5.74, 6) is -0.621. The van der Waals surface area contributed by atoms with Crippen molar-refractivity contribution in [2.75, 3.05) is 19.6 Å². The Morgan fingerprint density at radius 1 is 1.16 bits per heavy atom. The Balaban J connectivity index is 4.32. The Morgan fingerprint density at radius 2 is 1.68 bits per heavy atom. The summed E-state index contributed by atoms with van der Waals surface area (Å²) >= 11 is 0. The minimum absolute atomic E-state index is 0.0151. The number of carboxylic acid groups (broad SMARTS) is 1. The Labute approximate surface area is 116 Å². The number of carbonyl (C=O) groups is 2. The topological polar surface area (TPSA) is 69.6 Å². The van der Waals surface area contributed by atoms with Crippen LogP contribution in [0.4, 0.5) is 0 Å². The first-order chi connectivity index (χ1) is 8.92. The summed E-state index contributed by atoms with van der Waals surface area (Å²) in [5.41, 5.74) is 0. The van der Waals surface area contributed by atoms with Gasteiger partial charge < -0.3 is 10.0 Å². The van der Waals surface area contributed by atoms with Crippen molar-refractivity contribution in [2.24, 2.45) is 5.92 Å². The van der Waals surface area contributed by atoms with Gasteiger partial charge in [-0.15, -0.1) is 0 Å². The fraction of sp³-hybridized carbons (Fsp3) is 0.857. The van der Waals surface area contributed by atoms with Crippen molar-refractivity contribution >= 4 is 11.9 Å². The molecule has 0 rings (SSSR count). The molecular weight excluding hydrogens is 244 g/mol. The van der Waals surface area contributed by atoms with Gasteiger partial charge in [0.1, 0.15) is 6.04 Å². The molecule has 0 bridgehead atoms. The molecule has 0 saturated carbocycles. The summed E-state index contributed by atoms with van der Waals surface area (Å²) < 4.78 is 0. The van der Waals surface area contributed by atoms with Gasteiger partial charge in [0.2, 0.25) is 5.91 Å². The van der Waals surface area contributed by atoms with Crippen LogP contribution in [0.2, 0.25) is 0 Å². The number of carboxylic acids is 1. The zero-order valence-corrected chi connectivity index (χ0v) is 12.6. The zero-order valence-electron chi connectivity index (χ0n) is 12.6. The van der Waals surface area contributed by atoms with Crippen LogP contribution in [0.3, 0.4) is 0 Å². The van der Waals surface area contributed by atoms with E-state index in [9.17, 15) is 9.59 Å². The molecule has 0 saturated heterocycles. The van der Waals surface area contributed by atoms with Crippen LogP contribution in [0.15, 0.2) is 0 Å². The van der Waals surface area contributed by atoms with E-state index in [-0.39, 0.29) is 18.4 Å². The second-order valence-electron chi connectivity index (χ2n) is 5.28. The van der Waals surface area contributed by atoms with E-state index in [4.69, 9.17) is 5.11 Å². The lowest BCUT2D eigenvalue weighted by Crippen LogP contribution is -2.45. The normalized spacial score (nSPS) is 12.5. The molecule has 0 aliphatic carbocycles. The molecule has 1 unspecified atom stereocenters. The Bertz CT molecular complexity index is 274. The molecule has 1 amide bonds. The number of aliphatic carboxylic acids is 1. The maximum Gasteiger partial charge on any atom is 0.320 e. The van der Waals surface area contributed by atoms with E-state index in [0.717, 1.165) is 25.9 Å². The largest absolute Gasteiger partial charge is 0.480 e. The molecule has 0 spiro atoms. The number of hydrogen-bond acceptors (Lipinski definition) is 3. The third kappa shape index (κ3) is 7.82. The molecule has 0 aromatic heterocycles. The lowest BCUT2D eigenvalue weighted by molar-refractivity contribution is -0.140. The van der Waals surface area contributed by atoms with Crippen LogP contribution in [0, 0.1) is 5.92 Å². The molecule has 0 aliphatic rings. The van der Waals surface area contributed by atoms with Crippen LogP contribution in [-0.2, 0) is 9.59 Å². The minimum atomic E-state index is -0.890. The van der Waals surface area contributed by atoms with Crippen molar-refractivity contribution in [1.29, 1.82) is 0 Å². The summed E-state index contributed by atoms with van der Waals surface area (Å²) in [7, 11) is 0. The quantitative estimate of drug-likeness (QED) is 0.635. The highest BCUT2D eigenvalue weighted by Gasteiger charge is 2.20. The molecule has 19 heavy (non-hydrogen) atoms. The van der Waals surface area contributed by atoms with Crippen LogP contribution in [-0.4, -0.2) is 47.6 Å². The first kappa shape index (κ1) is 17.9. The monoisotopic (exact) mass is 272 g/mol. The van der Waals surface area contributed by atoms with Gasteiger partial charge in [-0.25, -0.2) is 0 Å². The summed E-state index contributed by atoms with van der Waals surface area (Å²) in [6, 6.07) is -0.644. The predicted octanol–water partition coefficient (Wildman–Crippen LogP) is 1.72. The third-order valence-electron chi connectivity index (χ3n) is 2.84. The standard InChI is InChI=1S/C14H28N2O3/c1-5-7-16(8-6-2)13(17)10-15-12(14(18)19)9-11(3)4/h11-12,15H,5-10H2,1-4H3,(H,18,19). The molecule has 112 valence electrons. The van der Waals surface area contributed by atoms with E-state index in [2.05, 4.69) is 5.32 Å². The molecule has 0 aliphatic heterocycles. The van der Waals surface area contributed by atoms with Gasteiger partial charge in [0.25, 0.3) is 0 Å². The molecule has 0 aromatic carbocycles. The molecule has 0 aromatic rings. The molecular formula is C14H28N2O3. The van der Waals surface area contributed by atoms with Gasteiger partial charge in [-0.2, -0.15) is 0 Å². The van der Waals surface area contributed by atoms with Gasteiger partial charge in [0.05, 0.1) is 6.54 Å². The molecule has 0 heterocycles. The molecule has 0 fully saturated rings. The second kappa shape index (κ2) is 9.78. The number of carbonyl (C=O) groups excluding carboxylic acids is 1. The van der Waals surface area contributed by atoms with Crippen molar-refractivity contribution in [3.05, 3.63) is 0 Å². The van der Waals surface area contributed by atoms with Crippen molar-refractivity contribution in [2.45, 2.75) is 53.0 Å². The zero-order chi connectivity index (χ0) is 14.8. The van der Waals surface area contributed by atoms with Gasteiger partial charge in [0.15, 0.2) is 0 Å². The fourth-order valence-electron chi connectivity index (χ4n) is 1.97. The number of nitrogens with one attached hydrogen (secondary N) is 1.